The molecular formula is C11H14ClF2N. The van der Waals surface area contributed by atoms with E-state index in [0.29, 0.717) is 0 Å². The van der Waals surface area contributed by atoms with Crippen molar-refractivity contribution in [3.05, 3.63) is 34.4 Å². The molecule has 0 aliphatic carbocycles. The largest absolute Gasteiger partial charge is 0.323 e. The molecular weight excluding hydrogens is 220 g/mol. The minimum absolute atomic E-state index is 0.157. The van der Waals surface area contributed by atoms with Gasteiger partial charge in [0.15, 0.2) is 0 Å². The molecule has 0 amide bonds. The number of hydrogen-bond donors (Lipinski definition) is 1. The van der Waals surface area contributed by atoms with Crippen LogP contribution in [0.4, 0.5) is 8.78 Å². The Morgan fingerprint density at radius 3 is 2.20 bits per heavy atom. The smallest absolute Gasteiger partial charge is 0.142 e. The summed E-state index contributed by atoms with van der Waals surface area (Å²) in [5, 5.41) is -0.225. The monoisotopic (exact) mass is 233 g/mol. The molecule has 1 unspecified atom stereocenters. The third kappa shape index (κ3) is 2.67. The topological polar surface area (TPSA) is 26.0 Å². The molecule has 4 heteroatoms. The van der Waals surface area contributed by atoms with Crippen molar-refractivity contribution in [2.45, 2.75) is 26.8 Å². The van der Waals surface area contributed by atoms with Crippen molar-refractivity contribution in [2.75, 3.05) is 0 Å². The minimum Gasteiger partial charge on any atom is -0.323 e. The maximum atomic E-state index is 13.5. The summed E-state index contributed by atoms with van der Waals surface area (Å²) in [6.07, 6.45) is 0. The molecule has 0 heterocycles. The van der Waals surface area contributed by atoms with Gasteiger partial charge >= 0.3 is 0 Å². The Bertz CT molecular complexity index is 372. The molecule has 0 fully saturated rings. The first-order chi connectivity index (χ1) is 6.73. The lowest BCUT2D eigenvalue weighted by molar-refractivity contribution is 0.318. The number of halogens is 3. The number of hydrogen-bond acceptors (Lipinski definition) is 1. The van der Waals surface area contributed by atoms with Gasteiger partial charge in [-0.15, -0.1) is 0 Å². The highest BCUT2D eigenvalue weighted by atomic mass is 35.5. The number of benzene rings is 1. The summed E-state index contributed by atoms with van der Waals surface area (Å²) < 4.78 is 26.6. The van der Waals surface area contributed by atoms with Crippen LogP contribution in [-0.4, -0.2) is 0 Å². The summed E-state index contributed by atoms with van der Waals surface area (Å²) in [6, 6.07) is 1.45. The van der Waals surface area contributed by atoms with Gasteiger partial charge < -0.3 is 5.73 Å². The van der Waals surface area contributed by atoms with Crippen LogP contribution in [0.2, 0.25) is 5.02 Å². The summed E-state index contributed by atoms with van der Waals surface area (Å²) >= 11 is 5.45. The highest BCUT2D eigenvalue weighted by Gasteiger charge is 2.25. The molecule has 15 heavy (non-hydrogen) atoms. The van der Waals surface area contributed by atoms with Crippen molar-refractivity contribution in [1.29, 1.82) is 0 Å². The van der Waals surface area contributed by atoms with E-state index in [-0.39, 0.29) is 16.0 Å². The number of rotatable bonds is 1. The van der Waals surface area contributed by atoms with Crippen LogP contribution in [0, 0.1) is 17.0 Å². The molecule has 0 saturated heterocycles. The van der Waals surface area contributed by atoms with Crippen molar-refractivity contribution < 1.29 is 8.78 Å². The zero-order valence-electron chi connectivity index (χ0n) is 8.94. The SMILES string of the molecule is CC(C)(C)C(N)c1cc(F)c(Cl)cc1F. The molecule has 0 aliphatic rings. The van der Waals surface area contributed by atoms with Gasteiger partial charge in [-0.25, -0.2) is 8.78 Å². The maximum Gasteiger partial charge on any atom is 0.142 e. The molecule has 0 aromatic heterocycles. The first kappa shape index (κ1) is 12.4. The Balaban J connectivity index is 3.21. The summed E-state index contributed by atoms with van der Waals surface area (Å²) in [5.74, 6) is -1.21. The van der Waals surface area contributed by atoms with Crippen LogP contribution in [-0.2, 0) is 0 Å². The second-order valence-electron chi connectivity index (χ2n) is 4.63. The van der Waals surface area contributed by atoms with Crippen molar-refractivity contribution in [1.82, 2.24) is 0 Å². The Hall–Kier alpha value is -0.670. The van der Waals surface area contributed by atoms with E-state index < -0.39 is 17.7 Å². The Morgan fingerprint density at radius 2 is 1.73 bits per heavy atom. The van der Waals surface area contributed by atoms with Gasteiger partial charge in [0.05, 0.1) is 5.02 Å². The molecule has 1 aromatic rings. The fourth-order valence-electron chi connectivity index (χ4n) is 1.24. The van der Waals surface area contributed by atoms with Gasteiger partial charge in [0.25, 0.3) is 0 Å². The zero-order valence-corrected chi connectivity index (χ0v) is 9.70. The molecule has 0 aliphatic heterocycles. The first-order valence-electron chi connectivity index (χ1n) is 4.63. The van der Waals surface area contributed by atoms with Crippen molar-refractivity contribution in [3.8, 4) is 0 Å². The second kappa shape index (κ2) is 4.06. The van der Waals surface area contributed by atoms with Crippen molar-refractivity contribution >= 4 is 11.6 Å². The fourth-order valence-corrected chi connectivity index (χ4v) is 1.39. The molecule has 0 spiro atoms. The van der Waals surface area contributed by atoms with E-state index in [0.717, 1.165) is 12.1 Å². The molecule has 84 valence electrons. The van der Waals surface area contributed by atoms with Crippen LogP contribution in [0.25, 0.3) is 0 Å². The van der Waals surface area contributed by atoms with E-state index >= 15 is 0 Å². The summed E-state index contributed by atoms with van der Waals surface area (Å²) in [6.45, 7) is 5.59. The lowest BCUT2D eigenvalue weighted by Crippen LogP contribution is -2.27. The lowest BCUT2D eigenvalue weighted by Gasteiger charge is -2.27. The maximum absolute atomic E-state index is 13.5. The predicted octanol–water partition coefficient (Wildman–Crippen LogP) is 3.66. The second-order valence-corrected chi connectivity index (χ2v) is 5.04. The Labute approximate surface area is 93.2 Å². The van der Waals surface area contributed by atoms with Crippen LogP contribution in [0.3, 0.4) is 0 Å². The van der Waals surface area contributed by atoms with Gasteiger partial charge in [0.2, 0.25) is 0 Å². The van der Waals surface area contributed by atoms with Crippen LogP contribution in [0.15, 0.2) is 12.1 Å². The normalized spacial score (nSPS) is 14.1. The Morgan fingerprint density at radius 1 is 1.20 bits per heavy atom. The molecule has 2 N–H and O–H groups in total. The van der Waals surface area contributed by atoms with Gasteiger partial charge in [0.1, 0.15) is 11.6 Å². The summed E-state index contributed by atoms with van der Waals surface area (Å²) in [5.41, 5.74) is 5.67. The average Bonchev–Trinajstić information content (AvgIpc) is 2.08. The van der Waals surface area contributed by atoms with Gasteiger partial charge in [0, 0.05) is 11.6 Å². The van der Waals surface area contributed by atoms with E-state index in [1.165, 1.54) is 0 Å². The standard InChI is InChI=1S/C11H14ClF2N/c1-11(2,3)10(15)6-4-9(14)7(12)5-8(6)13/h4-5,10H,15H2,1-3H3. The predicted molar refractivity (Wildman–Crippen MR) is 57.8 cm³/mol. The third-order valence-electron chi connectivity index (χ3n) is 2.31. The highest BCUT2D eigenvalue weighted by molar-refractivity contribution is 6.30. The Kier molecular flexibility index (Phi) is 3.36. The molecule has 0 saturated carbocycles. The fraction of sp³-hybridized carbons (Fsp3) is 0.455. The van der Waals surface area contributed by atoms with Crippen LogP contribution in [0.1, 0.15) is 32.4 Å². The van der Waals surface area contributed by atoms with Gasteiger partial charge in [-0.2, -0.15) is 0 Å². The highest BCUT2D eigenvalue weighted by Crippen LogP contribution is 2.33. The molecule has 1 aromatic carbocycles. The minimum atomic E-state index is -0.646. The average molecular weight is 234 g/mol. The van der Waals surface area contributed by atoms with E-state index in [1.807, 2.05) is 20.8 Å². The van der Waals surface area contributed by atoms with E-state index in [1.54, 1.807) is 0 Å². The summed E-state index contributed by atoms with van der Waals surface area (Å²) in [7, 11) is 0. The van der Waals surface area contributed by atoms with Crippen molar-refractivity contribution in [2.24, 2.45) is 11.1 Å². The molecule has 1 atom stereocenters. The first-order valence-corrected chi connectivity index (χ1v) is 5.01. The van der Waals surface area contributed by atoms with Gasteiger partial charge in [-0.05, 0) is 17.5 Å². The molecule has 0 bridgehead atoms. The van der Waals surface area contributed by atoms with Crippen molar-refractivity contribution in [3.63, 3.8) is 0 Å². The molecule has 1 rings (SSSR count). The van der Waals surface area contributed by atoms with Gasteiger partial charge in [-0.1, -0.05) is 32.4 Å². The molecule has 0 radical (unpaired) electrons. The van der Waals surface area contributed by atoms with E-state index in [9.17, 15) is 8.78 Å². The lowest BCUT2D eigenvalue weighted by atomic mass is 9.83. The van der Waals surface area contributed by atoms with Crippen LogP contribution < -0.4 is 5.73 Å². The zero-order chi connectivity index (χ0) is 11.8. The van der Waals surface area contributed by atoms with E-state index in [4.69, 9.17) is 17.3 Å². The van der Waals surface area contributed by atoms with Crippen LogP contribution in [0.5, 0.6) is 0 Å². The number of nitrogens with two attached hydrogens (primary N) is 1. The quantitative estimate of drug-likeness (QED) is 0.736. The van der Waals surface area contributed by atoms with E-state index in [2.05, 4.69) is 0 Å². The summed E-state index contributed by atoms with van der Waals surface area (Å²) in [4.78, 5) is 0. The van der Waals surface area contributed by atoms with Gasteiger partial charge in [-0.3, -0.25) is 0 Å². The third-order valence-corrected chi connectivity index (χ3v) is 2.60. The molecule has 1 nitrogen and oxygen atoms in total. The van der Waals surface area contributed by atoms with Crippen LogP contribution >= 0.6 is 11.6 Å².